The van der Waals surface area contributed by atoms with Crippen molar-refractivity contribution in [1.82, 2.24) is 5.32 Å². The van der Waals surface area contributed by atoms with Gasteiger partial charge in [-0.25, -0.2) is 0 Å². The van der Waals surface area contributed by atoms with E-state index in [2.05, 4.69) is 5.32 Å². The number of unbranched alkanes of at least 4 members (excludes halogenated alkanes) is 3. The zero-order valence-corrected chi connectivity index (χ0v) is 18.2. The van der Waals surface area contributed by atoms with Gasteiger partial charge < -0.3 is 19.6 Å². The SMILES string of the molecule is CC(=O)CCCCCCC(=O)NC(COCSP=O)COCS[P+](=O)O. The van der Waals surface area contributed by atoms with Gasteiger partial charge in [0.1, 0.15) is 17.7 Å². The van der Waals surface area contributed by atoms with Crippen LogP contribution in [0.1, 0.15) is 45.4 Å². The molecular formula is C14H26NO7P2S2+. The highest BCUT2D eigenvalue weighted by Crippen LogP contribution is 2.32. The highest BCUT2D eigenvalue weighted by Gasteiger charge is 2.16. The van der Waals surface area contributed by atoms with Crippen molar-refractivity contribution in [1.29, 1.82) is 0 Å². The second-order valence-corrected chi connectivity index (χ2v) is 9.97. The number of carbonyl (C=O) groups excluding carboxylic acids is 2. The first-order valence-electron chi connectivity index (χ1n) is 8.13. The van der Waals surface area contributed by atoms with Crippen LogP contribution in [0.25, 0.3) is 0 Å². The number of rotatable bonds is 18. The van der Waals surface area contributed by atoms with Gasteiger partial charge in [-0.2, -0.15) is 4.89 Å². The predicted molar refractivity (Wildman–Crippen MR) is 105 cm³/mol. The number of hydrogen-bond acceptors (Lipinski definition) is 8. The van der Waals surface area contributed by atoms with Crippen molar-refractivity contribution in [2.75, 3.05) is 25.1 Å². The first-order valence-corrected chi connectivity index (χ1v) is 13.3. The van der Waals surface area contributed by atoms with E-state index in [-0.39, 0.29) is 50.5 Å². The first kappa shape index (κ1) is 25.9. The van der Waals surface area contributed by atoms with E-state index in [9.17, 15) is 18.7 Å². The Morgan fingerprint density at radius 3 is 2.31 bits per heavy atom. The standard InChI is InChI=1S/C14H25NO7P2S2/c1-12(16)6-4-2-3-5-7-14(17)15-13(8-21-10-25-23-18)9-22-11-26-24(19)20/h13H,2-11H2,1H3,(H-,15,17,19,20)/p+1. The van der Waals surface area contributed by atoms with Crippen LogP contribution in [0.5, 0.6) is 0 Å². The quantitative estimate of drug-likeness (QED) is 0.185. The van der Waals surface area contributed by atoms with Crippen molar-refractivity contribution < 1.29 is 33.1 Å². The minimum atomic E-state index is -2.32. The number of nitrogens with one attached hydrogen (secondary N) is 1. The zero-order chi connectivity index (χ0) is 19.6. The summed E-state index contributed by atoms with van der Waals surface area (Å²) >= 11 is 1.83. The van der Waals surface area contributed by atoms with E-state index in [1.54, 1.807) is 6.92 Å². The lowest BCUT2D eigenvalue weighted by atomic mass is 10.1. The Hall–Kier alpha value is -0.0800. The van der Waals surface area contributed by atoms with Gasteiger partial charge in [0.15, 0.2) is 11.4 Å². The van der Waals surface area contributed by atoms with Crippen LogP contribution in [0.15, 0.2) is 0 Å². The van der Waals surface area contributed by atoms with Gasteiger partial charge in [0.2, 0.25) is 13.6 Å². The Bertz CT molecular complexity index is 444. The number of ketones is 1. The van der Waals surface area contributed by atoms with Crippen molar-refractivity contribution in [3.8, 4) is 0 Å². The molecule has 150 valence electrons. The highest BCUT2D eigenvalue weighted by atomic mass is 32.7. The lowest BCUT2D eigenvalue weighted by Crippen LogP contribution is -2.41. The predicted octanol–water partition coefficient (Wildman–Crippen LogP) is 3.67. The molecule has 0 saturated carbocycles. The maximum absolute atomic E-state index is 12.0. The third-order valence-electron chi connectivity index (χ3n) is 3.12. The van der Waals surface area contributed by atoms with E-state index in [0.717, 1.165) is 48.4 Å². The van der Waals surface area contributed by atoms with Crippen LogP contribution in [0, 0.1) is 0 Å². The molecule has 0 aliphatic carbocycles. The fourth-order valence-electron chi connectivity index (χ4n) is 1.97. The molecule has 1 amide bonds. The summed E-state index contributed by atoms with van der Waals surface area (Å²) in [6.45, 7) is 1.92. The molecule has 0 aliphatic heterocycles. The molecule has 0 aromatic carbocycles. The maximum Gasteiger partial charge on any atom is 0.585 e. The summed E-state index contributed by atoms with van der Waals surface area (Å²) in [6, 6.07) is -0.388. The zero-order valence-electron chi connectivity index (χ0n) is 14.8. The Labute approximate surface area is 164 Å². The van der Waals surface area contributed by atoms with Crippen LogP contribution < -0.4 is 5.32 Å². The molecule has 0 rings (SSSR count). The number of ether oxygens (including phenoxy) is 2. The van der Waals surface area contributed by atoms with Crippen molar-refractivity contribution in [3.63, 3.8) is 0 Å². The van der Waals surface area contributed by atoms with Crippen LogP contribution in [-0.2, 0) is 28.2 Å². The normalized spacial score (nSPS) is 12.8. The Morgan fingerprint density at radius 1 is 1.12 bits per heavy atom. The fourth-order valence-corrected chi connectivity index (χ4v) is 3.29. The number of amides is 1. The van der Waals surface area contributed by atoms with Crippen molar-refractivity contribution in [2.45, 2.75) is 51.5 Å². The molecule has 0 aromatic heterocycles. The molecule has 0 bridgehead atoms. The molecule has 2 N–H and O–H groups in total. The van der Waals surface area contributed by atoms with Gasteiger partial charge in [-0.1, -0.05) is 12.8 Å². The largest absolute Gasteiger partial charge is 0.585 e. The highest BCUT2D eigenvalue weighted by molar-refractivity contribution is 8.49. The molecule has 8 nitrogen and oxygen atoms in total. The van der Waals surface area contributed by atoms with Crippen molar-refractivity contribution >= 4 is 49.3 Å². The number of Topliss-reactive ketones (excluding diaryl/α,β-unsaturated/α-hetero) is 1. The lowest BCUT2D eigenvalue weighted by Gasteiger charge is -2.18. The summed E-state index contributed by atoms with van der Waals surface area (Å²) in [4.78, 5) is 31.5. The van der Waals surface area contributed by atoms with Gasteiger partial charge in [0.05, 0.1) is 19.3 Å². The molecule has 12 heteroatoms. The van der Waals surface area contributed by atoms with Crippen LogP contribution in [-0.4, -0.2) is 47.7 Å². The minimum Gasteiger partial charge on any atom is -0.368 e. The average molecular weight is 446 g/mol. The Kier molecular flexibility index (Phi) is 18.2. The van der Waals surface area contributed by atoms with Crippen LogP contribution in [0.3, 0.4) is 0 Å². The summed E-state index contributed by atoms with van der Waals surface area (Å²) < 4.78 is 31.5. The van der Waals surface area contributed by atoms with Crippen LogP contribution in [0.2, 0.25) is 0 Å². The third kappa shape index (κ3) is 18.7. The smallest absolute Gasteiger partial charge is 0.368 e. The molecule has 0 spiro atoms. The number of hydrogen-bond donors (Lipinski definition) is 2. The fraction of sp³-hybridized carbons (Fsp3) is 0.857. The minimum absolute atomic E-state index is 0.0438. The number of carbonyl (C=O) groups is 2. The van der Waals surface area contributed by atoms with Gasteiger partial charge in [0, 0.05) is 12.8 Å². The molecule has 26 heavy (non-hydrogen) atoms. The molecule has 0 radical (unpaired) electrons. The van der Waals surface area contributed by atoms with E-state index < -0.39 is 7.23 Å². The van der Waals surface area contributed by atoms with E-state index in [4.69, 9.17) is 14.4 Å². The third-order valence-corrected chi connectivity index (χ3v) is 5.60. The molecule has 2 unspecified atom stereocenters. The molecule has 0 saturated heterocycles. The summed E-state index contributed by atoms with van der Waals surface area (Å²) in [7, 11) is -2.40. The van der Waals surface area contributed by atoms with E-state index in [1.165, 1.54) is 0 Å². The van der Waals surface area contributed by atoms with E-state index in [0.29, 0.717) is 12.8 Å². The summed E-state index contributed by atoms with van der Waals surface area (Å²) in [5.74, 6) is 0.334. The van der Waals surface area contributed by atoms with Gasteiger partial charge in [0.25, 0.3) is 0 Å². The van der Waals surface area contributed by atoms with Gasteiger partial charge in [-0.3, -0.25) is 9.36 Å². The van der Waals surface area contributed by atoms with Crippen molar-refractivity contribution in [2.24, 2.45) is 0 Å². The molecule has 2 atom stereocenters. The summed E-state index contributed by atoms with van der Waals surface area (Å²) in [5.41, 5.74) is 0. The van der Waals surface area contributed by atoms with Gasteiger partial charge >= 0.3 is 7.23 Å². The van der Waals surface area contributed by atoms with Gasteiger partial charge in [-0.15, -0.1) is 0 Å². The summed E-state index contributed by atoms with van der Waals surface area (Å²) in [5, 5.41) is 2.81. The molecule has 0 heterocycles. The van der Waals surface area contributed by atoms with Gasteiger partial charge in [-0.05, 0) is 35.7 Å². The van der Waals surface area contributed by atoms with E-state index in [1.807, 2.05) is 0 Å². The molecule has 0 fully saturated rings. The second kappa shape index (κ2) is 18.3. The lowest BCUT2D eigenvalue weighted by molar-refractivity contribution is -0.123. The molecule has 0 aromatic rings. The average Bonchev–Trinajstić information content (AvgIpc) is 2.57. The van der Waals surface area contributed by atoms with Crippen LogP contribution in [0.4, 0.5) is 0 Å². The van der Waals surface area contributed by atoms with E-state index >= 15 is 0 Å². The van der Waals surface area contributed by atoms with Crippen molar-refractivity contribution in [3.05, 3.63) is 0 Å². The molecule has 0 aliphatic rings. The Morgan fingerprint density at radius 2 is 1.73 bits per heavy atom. The van der Waals surface area contributed by atoms with Crippen LogP contribution >= 0.6 is 37.7 Å². The second-order valence-electron chi connectivity index (χ2n) is 5.43. The summed E-state index contributed by atoms with van der Waals surface area (Å²) in [6.07, 6.45) is 4.36. The maximum atomic E-state index is 12.0. The monoisotopic (exact) mass is 446 g/mol. The first-order chi connectivity index (χ1) is 12.5. The topological polar surface area (TPSA) is 119 Å². The Balaban J connectivity index is 4.02. The molecular weight excluding hydrogens is 420 g/mol.